The second-order valence-electron chi connectivity index (χ2n) is 3.32. The fourth-order valence-electron chi connectivity index (χ4n) is 1.90. The summed E-state index contributed by atoms with van der Waals surface area (Å²) in [5, 5.41) is 5.39. The Morgan fingerprint density at radius 3 is 1.44 bits per heavy atom. The van der Waals surface area contributed by atoms with E-state index in [2.05, 4.69) is 54.6 Å². The molecular formula is C13H9Br2Hf-3. The van der Waals surface area contributed by atoms with Crippen molar-refractivity contribution in [3.05, 3.63) is 54.6 Å². The van der Waals surface area contributed by atoms with E-state index < -0.39 is 0 Å². The Labute approximate surface area is 135 Å². The van der Waals surface area contributed by atoms with E-state index in [9.17, 15) is 0 Å². The molecule has 0 aliphatic heterocycles. The molecule has 0 unspecified atom stereocenters. The molecule has 0 amide bonds. The van der Waals surface area contributed by atoms with Crippen molar-refractivity contribution in [3.8, 4) is 0 Å². The third-order valence-corrected chi connectivity index (χ3v) is 2.52. The Balaban J connectivity index is 0.000000750. The van der Waals surface area contributed by atoms with Crippen LogP contribution in [0.2, 0.25) is 0 Å². The van der Waals surface area contributed by atoms with Crippen LogP contribution in [0.1, 0.15) is 0 Å². The van der Waals surface area contributed by atoms with E-state index in [-0.39, 0.29) is 59.8 Å². The van der Waals surface area contributed by atoms with Crippen molar-refractivity contribution < 1.29 is 59.8 Å². The molecule has 0 fully saturated rings. The zero-order chi connectivity index (χ0) is 8.67. The van der Waals surface area contributed by atoms with Gasteiger partial charge in [0.2, 0.25) is 0 Å². The van der Waals surface area contributed by atoms with Gasteiger partial charge in [0, 0.05) is 25.8 Å². The Morgan fingerprint density at radius 2 is 1.00 bits per heavy atom. The predicted molar refractivity (Wildman–Crippen MR) is 57.0 cm³/mol. The van der Waals surface area contributed by atoms with Crippen LogP contribution in [0.5, 0.6) is 0 Å². The molecule has 0 aliphatic rings. The van der Waals surface area contributed by atoms with Crippen molar-refractivity contribution in [1.82, 2.24) is 0 Å². The summed E-state index contributed by atoms with van der Waals surface area (Å²) in [7, 11) is 0. The van der Waals surface area contributed by atoms with Crippen molar-refractivity contribution >= 4 is 21.5 Å². The van der Waals surface area contributed by atoms with E-state index in [0.29, 0.717) is 0 Å². The van der Waals surface area contributed by atoms with E-state index in [1.807, 2.05) is 0 Å². The molecule has 0 saturated heterocycles. The van der Waals surface area contributed by atoms with Crippen LogP contribution in [0.15, 0.2) is 54.6 Å². The zero-order valence-electron chi connectivity index (χ0n) is 8.45. The minimum atomic E-state index is 0. The van der Waals surface area contributed by atoms with Gasteiger partial charge in [-0.3, -0.25) is 0 Å². The molecule has 16 heavy (non-hydrogen) atoms. The van der Waals surface area contributed by atoms with Crippen LogP contribution < -0.4 is 34.0 Å². The standard InChI is InChI=1S/C13H9.2BrH.Hf/c1-3-7-12-10(5-1)9-11-6-2-4-8-13(11)12;;;/h1-9H;2*1H;/q-1;;;/p-2. The van der Waals surface area contributed by atoms with Crippen molar-refractivity contribution in [2.45, 2.75) is 0 Å². The monoisotopic (exact) mass is 503 g/mol. The Bertz CT molecular complexity index is 522. The maximum atomic E-state index is 2.24. The van der Waals surface area contributed by atoms with Crippen molar-refractivity contribution in [2.24, 2.45) is 0 Å². The smallest absolute Gasteiger partial charge is 0 e. The van der Waals surface area contributed by atoms with Gasteiger partial charge in [-0.1, -0.05) is 36.4 Å². The third-order valence-electron chi connectivity index (χ3n) is 2.52. The van der Waals surface area contributed by atoms with Gasteiger partial charge in [-0.2, -0.15) is 0 Å². The normalized spacial score (nSPS) is 9.00. The second kappa shape index (κ2) is 6.77. The van der Waals surface area contributed by atoms with Gasteiger partial charge in [-0.25, -0.2) is 0 Å². The van der Waals surface area contributed by atoms with Gasteiger partial charge in [0.1, 0.15) is 0 Å². The van der Waals surface area contributed by atoms with Gasteiger partial charge in [-0.05, 0) is 0 Å². The molecule has 0 saturated carbocycles. The fourth-order valence-corrected chi connectivity index (χ4v) is 1.90. The molecule has 0 radical (unpaired) electrons. The van der Waals surface area contributed by atoms with Crippen LogP contribution in [0.4, 0.5) is 0 Å². The first-order valence-corrected chi connectivity index (χ1v) is 4.48. The van der Waals surface area contributed by atoms with Gasteiger partial charge in [0.25, 0.3) is 0 Å². The average molecular weight is 504 g/mol. The summed E-state index contributed by atoms with van der Waals surface area (Å²) in [6.07, 6.45) is 0. The van der Waals surface area contributed by atoms with Crippen LogP contribution in [0.25, 0.3) is 21.5 Å². The summed E-state index contributed by atoms with van der Waals surface area (Å²) in [4.78, 5) is 0. The van der Waals surface area contributed by atoms with Gasteiger partial charge < -0.3 is 34.0 Å². The molecule has 3 aromatic rings. The molecule has 0 aromatic heterocycles. The number of benzene rings is 2. The molecule has 3 aromatic carbocycles. The van der Waals surface area contributed by atoms with Crippen LogP contribution >= 0.6 is 0 Å². The summed E-state index contributed by atoms with van der Waals surface area (Å²) in [6, 6.07) is 19.3. The molecule has 0 spiro atoms. The molecule has 0 aliphatic carbocycles. The van der Waals surface area contributed by atoms with E-state index in [4.69, 9.17) is 0 Å². The largest absolute Gasteiger partial charge is 1.00 e. The zero-order valence-corrected chi connectivity index (χ0v) is 15.2. The second-order valence-corrected chi connectivity index (χ2v) is 3.32. The number of halogens is 2. The average Bonchev–Trinajstić information content (AvgIpc) is 2.56. The van der Waals surface area contributed by atoms with E-state index in [0.717, 1.165) is 0 Å². The first kappa shape index (κ1) is 16.1. The first-order chi connectivity index (χ1) is 6.45. The summed E-state index contributed by atoms with van der Waals surface area (Å²) >= 11 is 0. The number of hydrogen-bond donors (Lipinski definition) is 0. The summed E-state index contributed by atoms with van der Waals surface area (Å²) < 4.78 is 0. The fraction of sp³-hybridized carbons (Fsp3) is 0. The number of hydrogen-bond acceptors (Lipinski definition) is 0. The Morgan fingerprint density at radius 1 is 0.625 bits per heavy atom. The van der Waals surface area contributed by atoms with Crippen LogP contribution in [-0.4, -0.2) is 0 Å². The topological polar surface area (TPSA) is 0 Å². The molecule has 0 atom stereocenters. The van der Waals surface area contributed by atoms with E-state index >= 15 is 0 Å². The summed E-state index contributed by atoms with van der Waals surface area (Å²) in [5.41, 5.74) is 0. The minimum Gasteiger partial charge on any atom is -1.00 e. The summed E-state index contributed by atoms with van der Waals surface area (Å²) in [6.45, 7) is 0. The molecule has 0 nitrogen and oxygen atoms in total. The van der Waals surface area contributed by atoms with Gasteiger partial charge >= 0.3 is 0 Å². The van der Waals surface area contributed by atoms with Gasteiger partial charge in [0.15, 0.2) is 0 Å². The van der Waals surface area contributed by atoms with Crippen molar-refractivity contribution in [1.29, 1.82) is 0 Å². The maximum absolute atomic E-state index is 2.24. The molecule has 3 rings (SSSR count). The maximum Gasteiger partial charge on any atom is 0 e. The van der Waals surface area contributed by atoms with Crippen molar-refractivity contribution in [3.63, 3.8) is 0 Å². The number of fused-ring (bicyclic) bond motifs is 3. The van der Waals surface area contributed by atoms with Gasteiger partial charge in [-0.15, -0.1) is 39.7 Å². The van der Waals surface area contributed by atoms with E-state index in [1.54, 1.807) is 0 Å². The molecule has 0 N–H and O–H groups in total. The minimum absolute atomic E-state index is 0. The number of rotatable bonds is 0. The third kappa shape index (κ3) is 2.69. The summed E-state index contributed by atoms with van der Waals surface area (Å²) in [5.74, 6) is 0. The molecule has 0 heterocycles. The SMILES string of the molecule is [Br-].[Br-].[Hf].c1ccc2c(c1)[cH-]c1ccccc12. The predicted octanol–water partition coefficient (Wildman–Crippen LogP) is -2.28. The Kier molecular flexibility index (Phi) is 6.83. The quantitative estimate of drug-likeness (QED) is 0.240. The van der Waals surface area contributed by atoms with Crippen LogP contribution in [0.3, 0.4) is 0 Å². The molecule has 82 valence electrons. The van der Waals surface area contributed by atoms with E-state index in [1.165, 1.54) is 21.5 Å². The first-order valence-electron chi connectivity index (χ1n) is 4.48. The molecular weight excluding hydrogens is 494 g/mol. The van der Waals surface area contributed by atoms with Gasteiger partial charge in [0.05, 0.1) is 0 Å². The Hall–Kier alpha value is 0.140. The molecule has 3 heteroatoms. The molecule has 0 bridgehead atoms. The van der Waals surface area contributed by atoms with Crippen LogP contribution in [0, 0.1) is 0 Å². The van der Waals surface area contributed by atoms with Crippen molar-refractivity contribution in [2.75, 3.05) is 0 Å². The van der Waals surface area contributed by atoms with Crippen LogP contribution in [-0.2, 0) is 25.8 Å².